The van der Waals surface area contributed by atoms with Crippen LogP contribution in [-0.2, 0) is 28.4 Å². The van der Waals surface area contributed by atoms with Gasteiger partial charge in [-0.2, -0.15) is 0 Å². The topological polar surface area (TPSA) is 371 Å². The van der Waals surface area contributed by atoms with Gasteiger partial charge in [0, 0.05) is 25.7 Å². The largest absolute Gasteiger partial charge is 0.467 e. The van der Waals surface area contributed by atoms with Gasteiger partial charge in [-0.05, 0) is 31.8 Å². The number of hydrogen-bond donors (Lipinski definition) is 14. The summed E-state index contributed by atoms with van der Waals surface area (Å²) < 4.78 is 36.2. The highest BCUT2D eigenvalue weighted by Crippen LogP contribution is 2.34. The molecular formula is C36H70N8O14. The second kappa shape index (κ2) is 22.8. The molecule has 22 heteroatoms. The Hall–Kier alpha value is -1.91. The minimum Gasteiger partial charge on any atom is -0.467 e. The normalized spacial score (nSPS) is 38.3. The fraction of sp³-hybridized carbons (Fsp3) is 0.917. The number of amides is 2. The second-order valence-electron chi connectivity index (χ2n) is 15.8. The van der Waals surface area contributed by atoms with Gasteiger partial charge in [0.1, 0.15) is 60.7 Å². The average Bonchev–Trinajstić information content (AvgIpc) is 3.50. The summed E-state index contributed by atoms with van der Waals surface area (Å²) in [6.07, 6.45) is -9.46. The van der Waals surface area contributed by atoms with Gasteiger partial charge < -0.3 is 98.4 Å². The van der Waals surface area contributed by atoms with Crippen LogP contribution in [0.2, 0.25) is 0 Å². The summed E-state index contributed by atoms with van der Waals surface area (Å²) in [7, 11) is 0. The number of ether oxygens (including phenoxy) is 6. The predicted octanol–water partition coefficient (Wildman–Crippen LogP) is -4.57. The van der Waals surface area contributed by atoms with Crippen LogP contribution in [0.15, 0.2) is 11.8 Å². The van der Waals surface area contributed by atoms with Crippen LogP contribution < -0.4 is 39.3 Å². The molecule has 16 atom stereocenters. The molecule has 4 rings (SSSR count). The quantitative estimate of drug-likeness (QED) is 0.0382. The van der Waals surface area contributed by atoms with Crippen molar-refractivity contribution < 1.29 is 69.1 Å². The van der Waals surface area contributed by atoms with Gasteiger partial charge in [-0.3, -0.25) is 5.21 Å². The van der Waals surface area contributed by atoms with Gasteiger partial charge in [0.15, 0.2) is 12.6 Å². The minimum atomic E-state index is -1.67. The SMILES string of the molecule is CCCCC(O)(CCCC)CNCC1=CCC(N)C(OC2C(N)CC(NC(=O)N(O)CCN)C(O)C2OC2OC(CO)C(OC3OC(CN)C(O)C(O)C3N)C2O)O1. The van der Waals surface area contributed by atoms with E-state index in [1.165, 1.54) is 0 Å². The van der Waals surface area contributed by atoms with E-state index in [1.54, 1.807) is 0 Å². The van der Waals surface area contributed by atoms with Gasteiger partial charge in [-0.15, -0.1) is 0 Å². The van der Waals surface area contributed by atoms with Crippen LogP contribution in [-0.4, -0.2) is 190 Å². The van der Waals surface area contributed by atoms with E-state index < -0.39 is 116 Å². The van der Waals surface area contributed by atoms with E-state index in [0.717, 1.165) is 25.7 Å². The number of aliphatic hydroxyl groups excluding tert-OH is 5. The summed E-state index contributed by atoms with van der Waals surface area (Å²) in [5.41, 5.74) is 29.5. The smallest absolute Gasteiger partial charge is 0.341 e. The number of nitrogens with one attached hydrogen (secondary N) is 2. The standard InChI is InChI=1S/C36H70N8O14/c1-3-5-9-36(51,10-6-4-2)17-42-15-18-7-8-19(39)32(53-18)56-29-20(40)13-21(43-35(50)44(52)12-11-37)25(46)31(29)58-34-28(49)30(23(16-45)55-34)57-33-24(41)27(48)26(47)22(14-38)54-33/h7,19-34,42,45-49,51-52H,3-6,8-17,37-41H2,1-2H3,(H,43,50). The lowest BCUT2D eigenvalue weighted by Gasteiger charge is -2.46. The minimum absolute atomic E-state index is 0.0418. The maximum atomic E-state index is 12.8. The van der Waals surface area contributed by atoms with Gasteiger partial charge in [0.25, 0.3) is 0 Å². The first kappa shape index (κ1) is 48.8. The lowest BCUT2D eigenvalue weighted by molar-refractivity contribution is -0.282. The first-order valence-corrected chi connectivity index (χ1v) is 20.4. The van der Waals surface area contributed by atoms with E-state index in [2.05, 4.69) is 24.5 Å². The molecule has 338 valence electrons. The molecule has 0 aromatic heterocycles. The number of unbranched alkanes of at least 4 members (excludes halogenated alkanes) is 2. The first-order valence-electron chi connectivity index (χ1n) is 20.4. The van der Waals surface area contributed by atoms with Crippen molar-refractivity contribution in [3.63, 3.8) is 0 Å². The summed E-state index contributed by atoms with van der Waals surface area (Å²) >= 11 is 0. The third kappa shape index (κ3) is 12.4. The maximum absolute atomic E-state index is 12.8. The fourth-order valence-electron chi connectivity index (χ4n) is 7.68. The Kier molecular flexibility index (Phi) is 19.2. The molecule has 3 heterocycles. The summed E-state index contributed by atoms with van der Waals surface area (Å²) in [6, 6.07) is -5.02. The number of carbonyl (C=O) groups excluding carboxylic acids is 1. The van der Waals surface area contributed by atoms with Crippen molar-refractivity contribution in [3.05, 3.63) is 11.8 Å². The summed E-state index contributed by atoms with van der Waals surface area (Å²) in [6.45, 7) is 3.66. The second-order valence-corrected chi connectivity index (χ2v) is 15.8. The van der Waals surface area contributed by atoms with Crippen LogP contribution in [0.4, 0.5) is 4.79 Å². The van der Waals surface area contributed by atoms with Crippen LogP contribution in [0.25, 0.3) is 0 Å². The van der Waals surface area contributed by atoms with E-state index in [4.69, 9.17) is 57.1 Å². The predicted molar refractivity (Wildman–Crippen MR) is 205 cm³/mol. The van der Waals surface area contributed by atoms with Gasteiger partial charge in [0.05, 0.1) is 43.4 Å². The Morgan fingerprint density at radius 2 is 1.52 bits per heavy atom. The van der Waals surface area contributed by atoms with Crippen LogP contribution in [0.1, 0.15) is 65.2 Å². The van der Waals surface area contributed by atoms with Crippen molar-refractivity contribution >= 4 is 6.03 Å². The third-order valence-corrected chi connectivity index (χ3v) is 11.2. The molecule has 22 nitrogen and oxygen atoms in total. The molecule has 3 aliphatic heterocycles. The summed E-state index contributed by atoms with van der Waals surface area (Å²) in [4.78, 5) is 12.8. The molecule has 0 aromatic carbocycles. The number of nitrogens with zero attached hydrogens (tertiary/aromatic N) is 1. The number of carbonyl (C=O) groups is 1. The van der Waals surface area contributed by atoms with Crippen LogP contribution in [0.3, 0.4) is 0 Å². The Morgan fingerprint density at radius 1 is 0.879 bits per heavy atom. The molecule has 0 radical (unpaired) electrons. The van der Waals surface area contributed by atoms with Crippen LogP contribution in [0, 0.1) is 0 Å². The molecule has 58 heavy (non-hydrogen) atoms. The molecule has 2 amide bonds. The number of rotatable bonds is 21. The number of urea groups is 1. The molecule has 4 aliphatic rings. The van der Waals surface area contributed by atoms with Crippen LogP contribution in [0.5, 0.6) is 0 Å². The maximum Gasteiger partial charge on any atom is 0.341 e. The van der Waals surface area contributed by atoms with Gasteiger partial charge in [0.2, 0.25) is 6.29 Å². The van der Waals surface area contributed by atoms with E-state index >= 15 is 0 Å². The number of nitrogens with two attached hydrogens (primary N) is 5. The molecule has 0 bridgehead atoms. The molecule has 19 N–H and O–H groups in total. The lowest BCUT2D eigenvalue weighted by atomic mass is 9.83. The number of hydroxylamine groups is 2. The highest BCUT2D eigenvalue weighted by molar-refractivity contribution is 5.73. The Labute approximate surface area is 339 Å². The van der Waals surface area contributed by atoms with Crippen molar-refractivity contribution in [2.75, 3.05) is 39.3 Å². The molecule has 16 unspecified atom stereocenters. The zero-order valence-corrected chi connectivity index (χ0v) is 33.5. The Balaban J connectivity index is 1.51. The average molecular weight is 839 g/mol. The van der Waals surface area contributed by atoms with Crippen LogP contribution >= 0.6 is 0 Å². The van der Waals surface area contributed by atoms with Gasteiger partial charge >= 0.3 is 6.03 Å². The lowest BCUT2D eigenvalue weighted by Crippen LogP contribution is -2.67. The molecular weight excluding hydrogens is 768 g/mol. The fourth-order valence-corrected chi connectivity index (χ4v) is 7.68. The molecule has 0 aromatic rings. The summed E-state index contributed by atoms with van der Waals surface area (Å²) in [5.74, 6) is 0.508. The van der Waals surface area contributed by atoms with Crippen molar-refractivity contribution in [1.29, 1.82) is 0 Å². The van der Waals surface area contributed by atoms with Crippen molar-refractivity contribution in [2.45, 2.75) is 169 Å². The molecule has 3 fully saturated rings. The van der Waals surface area contributed by atoms with Gasteiger partial charge in [-0.25, -0.2) is 9.86 Å². The van der Waals surface area contributed by atoms with Crippen molar-refractivity contribution in [1.82, 2.24) is 15.7 Å². The van der Waals surface area contributed by atoms with E-state index in [9.17, 15) is 40.6 Å². The first-order chi connectivity index (χ1) is 27.6. The van der Waals surface area contributed by atoms with E-state index in [0.29, 0.717) is 36.6 Å². The van der Waals surface area contributed by atoms with E-state index in [1.807, 2.05) is 6.08 Å². The van der Waals surface area contributed by atoms with E-state index in [-0.39, 0.29) is 32.6 Å². The highest BCUT2D eigenvalue weighted by Gasteiger charge is 2.54. The van der Waals surface area contributed by atoms with Crippen molar-refractivity contribution in [3.8, 4) is 0 Å². The summed E-state index contributed by atoms with van der Waals surface area (Å²) in [5, 5.41) is 81.8. The molecule has 1 aliphatic carbocycles. The zero-order valence-electron chi connectivity index (χ0n) is 33.5. The molecule has 2 saturated heterocycles. The monoisotopic (exact) mass is 839 g/mol. The number of aliphatic hydroxyl groups is 6. The molecule has 1 saturated carbocycles. The van der Waals surface area contributed by atoms with Gasteiger partial charge in [-0.1, -0.05) is 39.5 Å². The Bertz CT molecular complexity index is 1270. The van der Waals surface area contributed by atoms with Crippen molar-refractivity contribution in [2.24, 2.45) is 28.7 Å². The Morgan fingerprint density at radius 3 is 2.14 bits per heavy atom. The number of hydrogen-bond acceptors (Lipinski definition) is 20. The zero-order chi connectivity index (χ0) is 42.7. The molecule has 0 spiro atoms. The highest BCUT2D eigenvalue weighted by atomic mass is 16.8. The third-order valence-electron chi connectivity index (χ3n) is 11.2.